The molecule has 0 saturated heterocycles. The number of imidazole rings is 1. The molecule has 21 heavy (non-hydrogen) atoms. The Morgan fingerprint density at radius 3 is 2.76 bits per heavy atom. The van der Waals surface area contributed by atoms with Crippen molar-refractivity contribution in [3.63, 3.8) is 0 Å². The fraction of sp³-hybridized carbons (Fsp3) is 0.357. The zero-order valence-electron chi connectivity index (χ0n) is 12.2. The fourth-order valence-corrected chi connectivity index (χ4v) is 2.12. The second kappa shape index (κ2) is 5.92. The summed E-state index contributed by atoms with van der Waals surface area (Å²) in [6.45, 7) is 2.04. The van der Waals surface area contributed by atoms with E-state index in [1.165, 1.54) is 6.07 Å². The predicted molar refractivity (Wildman–Crippen MR) is 79.0 cm³/mol. The van der Waals surface area contributed by atoms with E-state index in [-0.39, 0.29) is 5.69 Å². The van der Waals surface area contributed by atoms with E-state index in [4.69, 9.17) is 0 Å². The van der Waals surface area contributed by atoms with Gasteiger partial charge in [-0.25, -0.2) is 4.98 Å². The van der Waals surface area contributed by atoms with Crippen LogP contribution in [0.5, 0.6) is 0 Å². The van der Waals surface area contributed by atoms with Gasteiger partial charge in [0.1, 0.15) is 11.5 Å². The third-order valence-corrected chi connectivity index (χ3v) is 3.39. The Morgan fingerprint density at radius 1 is 1.52 bits per heavy atom. The average Bonchev–Trinajstić information content (AvgIpc) is 2.83. The predicted octanol–water partition coefficient (Wildman–Crippen LogP) is 2.02. The number of nitro groups is 1. The van der Waals surface area contributed by atoms with E-state index in [1.807, 2.05) is 17.8 Å². The number of aromatic nitrogens is 2. The van der Waals surface area contributed by atoms with Crippen molar-refractivity contribution in [1.82, 2.24) is 9.55 Å². The molecular weight excluding hydrogens is 272 g/mol. The van der Waals surface area contributed by atoms with Crippen LogP contribution in [0.3, 0.4) is 0 Å². The molecule has 112 valence electrons. The monoisotopic (exact) mass is 290 g/mol. The Balaban J connectivity index is 2.34. The van der Waals surface area contributed by atoms with E-state index in [9.17, 15) is 15.2 Å². The van der Waals surface area contributed by atoms with E-state index < -0.39 is 11.0 Å². The van der Waals surface area contributed by atoms with Gasteiger partial charge in [-0.3, -0.25) is 10.1 Å². The summed E-state index contributed by atoms with van der Waals surface area (Å²) in [5.41, 5.74) is 0.994. The molecule has 2 aromatic rings. The molecule has 0 aliphatic rings. The smallest absolute Gasteiger partial charge is 0.292 e. The topological polar surface area (TPSA) is 84.4 Å². The Bertz CT molecular complexity index is 651. The van der Waals surface area contributed by atoms with Crippen LogP contribution in [0, 0.1) is 10.1 Å². The van der Waals surface area contributed by atoms with Crippen LogP contribution in [0.2, 0.25) is 0 Å². The van der Waals surface area contributed by atoms with Crippen molar-refractivity contribution in [3.8, 4) is 0 Å². The summed E-state index contributed by atoms with van der Waals surface area (Å²) < 4.78 is 1.87. The van der Waals surface area contributed by atoms with Gasteiger partial charge < -0.3 is 14.6 Å². The summed E-state index contributed by atoms with van der Waals surface area (Å²) in [6.07, 6.45) is 2.78. The van der Waals surface area contributed by atoms with Crippen LogP contribution in [0.4, 0.5) is 11.4 Å². The lowest BCUT2D eigenvalue weighted by Crippen LogP contribution is -2.20. The highest BCUT2D eigenvalue weighted by Crippen LogP contribution is 2.31. The SMILES string of the molecule is C[C@H](O)c1ccc(N(C)Cc2nccn2C)c([N+](=O)[O-])c1. The highest BCUT2D eigenvalue weighted by atomic mass is 16.6. The number of hydrogen-bond acceptors (Lipinski definition) is 5. The van der Waals surface area contributed by atoms with Crippen molar-refractivity contribution in [2.75, 3.05) is 11.9 Å². The van der Waals surface area contributed by atoms with Gasteiger partial charge in [0, 0.05) is 32.6 Å². The van der Waals surface area contributed by atoms with Gasteiger partial charge in [-0.05, 0) is 18.6 Å². The lowest BCUT2D eigenvalue weighted by atomic mass is 10.1. The third-order valence-electron chi connectivity index (χ3n) is 3.39. The summed E-state index contributed by atoms with van der Waals surface area (Å²) in [7, 11) is 3.65. The molecule has 0 aliphatic carbocycles. The van der Waals surface area contributed by atoms with E-state index in [2.05, 4.69) is 4.98 Å². The molecule has 1 aromatic carbocycles. The van der Waals surface area contributed by atoms with Gasteiger partial charge in [0.15, 0.2) is 0 Å². The van der Waals surface area contributed by atoms with E-state index >= 15 is 0 Å². The molecule has 0 unspecified atom stereocenters. The van der Waals surface area contributed by atoms with Crippen LogP contribution in [0.25, 0.3) is 0 Å². The normalized spacial score (nSPS) is 12.2. The lowest BCUT2D eigenvalue weighted by molar-refractivity contribution is -0.384. The molecule has 1 atom stereocenters. The molecule has 1 heterocycles. The number of benzene rings is 1. The first kappa shape index (κ1) is 15.0. The first-order chi connectivity index (χ1) is 9.90. The summed E-state index contributed by atoms with van der Waals surface area (Å²) in [5.74, 6) is 0.811. The zero-order chi connectivity index (χ0) is 15.6. The molecule has 0 spiro atoms. The molecular formula is C14H18N4O3. The molecule has 1 N–H and O–H groups in total. The van der Waals surface area contributed by atoms with Crippen molar-refractivity contribution in [2.24, 2.45) is 7.05 Å². The average molecular weight is 290 g/mol. The molecule has 0 bridgehead atoms. The zero-order valence-corrected chi connectivity index (χ0v) is 12.2. The summed E-state index contributed by atoms with van der Waals surface area (Å²) in [4.78, 5) is 16.8. The number of aliphatic hydroxyl groups excluding tert-OH is 1. The maximum absolute atomic E-state index is 11.2. The number of rotatable bonds is 5. The molecule has 1 aromatic heterocycles. The summed E-state index contributed by atoms with van der Waals surface area (Å²) in [6, 6.07) is 4.76. The van der Waals surface area contributed by atoms with Crippen molar-refractivity contribution in [1.29, 1.82) is 0 Å². The van der Waals surface area contributed by atoms with Crippen LogP contribution < -0.4 is 4.90 Å². The van der Waals surface area contributed by atoms with Crippen LogP contribution in [-0.4, -0.2) is 26.6 Å². The maximum Gasteiger partial charge on any atom is 0.292 e. The van der Waals surface area contributed by atoms with E-state index in [0.29, 0.717) is 17.8 Å². The number of nitro benzene ring substituents is 1. The number of nitrogens with zero attached hydrogens (tertiary/aromatic N) is 4. The molecule has 7 nitrogen and oxygen atoms in total. The van der Waals surface area contributed by atoms with Gasteiger partial charge >= 0.3 is 0 Å². The standard InChI is InChI=1S/C14H18N4O3/c1-10(19)11-4-5-12(13(8-11)18(20)21)17(3)9-14-15-6-7-16(14)2/h4-8,10,19H,9H2,1-3H3/t10-/m0/s1. The molecule has 0 saturated carbocycles. The minimum absolute atomic E-state index is 0.0230. The Labute approximate surface area is 122 Å². The number of aryl methyl sites for hydroxylation is 1. The second-order valence-corrected chi connectivity index (χ2v) is 4.99. The molecule has 0 amide bonds. The number of hydrogen-bond donors (Lipinski definition) is 1. The molecule has 2 rings (SSSR count). The molecule has 0 radical (unpaired) electrons. The van der Waals surface area contributed by atoms with Gasteiger partial charge in [0.25, 0.3) is 5.69 Å². The summed E-state index contributed by atoms with van der Waals surface area (Å²) in [5, 5.41) is 20.8. The Morgan fingerprint density at radius 2 is 2.24 bits per heavy atom. The van der Waals surface area contributed by atoms with Crippen LogP contribution in [-0.2, 0) is 13.6 Å². The molecule has 0 aliphatic heterocycles. The third kappa shape index (κ3) is 3.19. The van der Waals surface area contributed by atoms with Gasteiger partial charge in [-0.1, -0.05) is 6.07 Å². The molecule has 0 fully saturated rings. The minimum atomic E-state index is -0.738. The van der Waals surface area contributed by atoms with Crippen LogP contribution in [0.15, 0.2) is 30.6 Å². The van der Waals surface area contributed by atoms with E-state index in [1.54, 1.807) is 37.2 Å². The lowest BCUT2D eigenvalue weighted by Gasteiger charge is -2.19. The van der Waals surface area contributed by atoms with Crippen LogP contribution in [0.1, 0.15) is 24.4 Å². The Kier molecular flexibility index (Phi) is 4.23. The largest absolute Gasteiger partial charge is 0.389 e. The van der Waals surface area contributed by atoms with Crippen molar-refractivity contribution in [2.45, 2.75) is 19.6 Å². The van der Waals surface area contributed by atoms with Crippen molar-refractivity contribution >= 4 is 11.4 Å². The van der Waals surface area contributed by atoms with E-state index in [0.717, 1.165) is 5.82 Å². The molecule has 7 heteroatoms. The highest BCUT2D eigenvalue weighted by molar-refractivity contribution is 5.64. The van der Waals surface area contributed by atoms with Crippen molar-refractivity contribution < 1.29 is 10.0 Å². The van der Waals surface area contributed by atoms with Gasteiger partial charge in [0.05, 0.1) is 17.6 Å². The first-order valence-electron chi connectivity index (χ1n) is 6.54. The maximum atomic E-state index is 11.2. The minimum Gasteiger partial charge on any atom is -0.389 e. The highest BCUT2D eigenvalue weighted by Gasteiger charge is 2.20. The van der Waals surface area contributed by atoms with Crippen LogP contribution >= 0.6 is 0 Å². The number of aliphatic hydroxyl groups is 1. The van der Waals surface area contributed by atoms with Gasteiger partial charge in [-0.15, -0.1) is 0 Å². The van der Waals surface area contributed by atoms with Gasteiger partial charge in [0.2, 0.25) is 0 Å². The number of anilines is 1. The fourth-order valence-electron chi connectivity index (χ4n) is 2.12. The van der Waals surface area contributed by atoms with Gasteiger partial charge in [-0.2, -0.15) is 0 Å². The first-order valence-corrected chi connectivity index (χ1v) is 6.54. The Hall–Kier alpha value is -2.41. The quantitative estimate of drug-likeness (QED) is 0.672. The summed E-state index contributed by atoms with van der Waals surface area (Å²) >= 11 is 0. The van der Waals surface area contributed by atoms with Crippen molar-refractivity contribution in [3.05, 3.63) is 52.1 Å². The second-order valence-electron chi connectivity index (χ2n) is 4.99.